The summed E-state index contributed by atoms with van der Waals surface area (Å²) in [5.41, 5.74) is 5.50. The second kappa shape index (κ2) is 10.0. The third-order valence-corrected chi connectivity index (χ3v) is 8.83. The molecule has 0 bridgehead atoms. The molecule has 2 aliphatic heterocycles. The van der Waals surface area contributed by atoms with E-state index in [9.17, 15) is 14.7 Å². The fourth-order valence-electron chi connectivity index (χ4n) is 5.19. The average Bonchev–Trinajstić information content (AvgIpc) is 3.25. The molecule has 2 heterocycles. The number of hydrogen-bond acceptors (Lipinski definition) is 6. The van der Waals surface area contributed by atoms with Crippen molar-refractivity contribution in [1.82, 2.24) is 5.32 Å². The van der Waals surface area contributed by atoms with E-state index in [0.29, 0.717) is 17.3 Å². The van der Waals surface area contributed by atoms with E-state index in [1.165, 1.54) is 5.56 Å². The van der Waals surface area contributed by atoms with Gasteiger partial charge in [0.05, 0.1) is 4.91 Å². The van der Waals surface area contributed by atoms with Crippen molar-refractivity contribution in [1.29, 1.82) is 0 Å². The van der Waals surface area contributed by atoms with E-state index in [1.807, 2.05) is 33.8 Å². The fourth-order valence-corrected chi connectivity index (χ4v) is 5.94. The molecule has 2 amide bonds. The zero-order valence-corrected chi connectivity index (χ0v) is 23.3. The number of thioether (sulfide) groups is 1. The van der Waals surface area contributed by atoms with Crippen LogP contribution in [-0.2, 0) is 17.6 Å². The van der Waals surface area contributed by atoms with E-state index < -0.39 is 5.60 Å². The normalized spacial score (nSPS) is 20.2. The zero-order chi connectivity index (χ0) is 27.2. The summed E-state index contributed by atoms with van der Waals surface area (Å²) in [4.78, 5) is 23.9. The minimum Gasteiger partial charge on any atom is -0.507 e. The Kier molecular flexibility index (Phi) is 6.90. The second-order valence-electron chi connectivity index (χ2n) is 10.7. The molecule has 0 radical (unpaired) electrons. The van der Waals surface area contributed by atoms with Crippen molar-refractivity contribution in [3.05, 3.63) is 74.7 Å². The van der Waals surface area contributed by atoms with Gasteiger partial charge < -0.3 is 14.6 Å². The summed E-state index contributed by atoms with van der Waals surface area (Å²) in [5, 5.41) is 14.7. The second-order valence-corrected chi connectivity index (χ2v) is 11.7. The van der Waals surface area contributed by atoms with Crippen molar-refractivity contribution in [2.75, 3.05) is 6.61 Å². The first-order valence-corrected chi connectivity index (χ1v) is 13.8. The lowest BCUT2D eigenvalue weighted by Crippen LogP contribution is -2.42. The number of imide groups is 1. The van der Waals surface area contributed by atoms with Gasteiger partial charge in [0, 0.05) is 5.56 Å². The molecule has 0 aliphatic carbocycles. The monoisotopic (exact) mass is 531 g/mol. The van der Waals surface area contributed by atoms with Crippen LogP contribution in [0.5, 0.6) is 17.2 Å². The van der Waals surface area contributed by atoms with Crippen LogP contribution in [0.15, 0.2) is 46.9 Å². The summed E-state index contributed by atoms with van der Waals surface area (Å²) in [6, 6.07) is 12.5. The number of aromatic hydroxyl groups is 1. The Morgan fingerprint density at radius 3 is 2.55 bits per heavy atom. The van der Waals surface area contributed by atoms with Gasteiger partial charge in [0.15, 0.2) is 0 Å². The maximum atomic E-state index is 11.9. The first kappa shape index (κ1) is 26.2. The molecule has 3 aromatic rings. The molecular formula is C31H33NO5S. The molecule has 198 valence electrons. The molecule has 0 aromatic heterocycles. The van der Waals surface area contributed by atoms with Crippen LogP contribution >= 0.6 is 11.8 Å². The van der Waals surface area contributed by atoms with E-state index in [1.54, 1.807) is 0 Å². The number of ether oxygens (including phenoxy) is 2. The molecule has 0 spiro atoms. The molecule has 1 unspecified atom stereocenters. The van der Waals surface area contributed by atoms with E-state index in [4.69, 9.17) is 9.47 Å². The summed E-state index contributed by atoms with van der Waals surface area (Å²) in [7, 11) is 0. The molecule has 38 heavy (non-hydrogen) atoms. The van der Waals surface area contributed by atoms with Crippen molar-refractivity contribution in [2.45, 2.75) is 65.9 Å². The lowest BCUT2D eigenvalue weighted by atomic mass is 9.87. The lowest BCUT2D eigenvalue weighted by molar-refractivity contribution is -0.115. The molecule has 3 aromatic carbocycles. The van der Waals surface area contributed by atoms with Crippen molar-refractivity contribution >= 4 is 33.7 Å². The van der Waals surface area contributed by atoms with Crippen molar-refractivity contribution in [3.8, 4) is 17.2 Å². The third-order valence-electron chi connectivity index (χ3n) is 7.81. The van der Waals surface area contributed by atoms with Crippen LogP contribution in [0.4, 0.5) is 4.79 Å². The van der Waals surface area contributed by atoms with E-state index >= 15 is 0 Å². The Labute approximate surface area is 227 Å². The maximum absolute atomic E-state index is 11.9. The molecular weight excluding hydrogens is 498 g/mol. The summed E-state index contributed by atoms with van der Waals surface area (Å²) in [6.07, 6.45) is 3.16. The number of benzene rings is 3. The number of nitrogens with one attached hydrogen (secondary N) is 1. The number of carbonyl (C=O) groups is 2. The quantitative estimate of drug-likeness (QED) is 0.340. The van der Waals surface area contributed by atoms with Gasteiger partial charge in [-0.05, 0) is 117 Å². The molecule has 7 heteroatoms. The van der Waals surface area contributed by atoms with Crippen molar-refractivity contribution in [2.24, 2.45) is 0 Å². The highest BCUT2D eigenvalue weighted by Gasteiger charge is 2.35. The summed E-state index contributed by atoms with van der Waals surface area (Å²) < 4.78 is 12.7. The van der Waals surface area contributed by atoms with Gasteiger partial charge in [-0.3, -0.25) is 14.9 Å². The number of fused-ring (bicyclic) bond motifs is 2. The van der Waals surface area contributed by atoms with Crippen LogP contribution in [0.3, 0.4) is 0 Å². The number of carbonyl (C=O) groups excluding carboxylic acids is 2. The minimum atomic E-state index is -0.460. The number of hydrogen-bond donors (Lipinski definition) is 2. The molecule has 2 N–H and O–H groups in total. The van der Waals surface area contributed by atoms with Gasteiger partial charge in [-0.15, -0.1) is 0 Å². The highest BCUT2D eigenvalue weighted by Crippen LogP contribution is 2.43. The fraction of sp³-hybridized carbons (Fsp3) is 0.355. The molecule has 2 aliphatic rings. The predicted molar refractivity (Wildman–Crippen MR) is 151 cm³/mol. The van der Waals surface area contributed by atoms with Crippen LogP contribution in [0.1, 0.15) is 54.5 Å². The van der Waals surface area contributed by atoms with Gasteiger partial charge in [-0.25, -0.2) is 0 Å². The van der Waals surface area contributed by atoms with Gasteiger partial charge in [0.1, 0.15) is 29.5 Å². The molecule has 1 saturated heterocycles. The van der Waals surface area contributed by atoms with E-state index in [-0.39, 0.29) is 11.1 Å². The van der Waals surface area contributed by atoms with Gasteiger partial charge in [0.25, 0.3) is 11.1 Å². The Morgan fingerprint density at radius 2 is 1.82 bits per heavy atom. The Hall–Kier alpha value is -3.45. The lowest BCUT2D eigenvalue weighted by Gasteiger charge is -2.37. The van der Waals surface area contributed by atoms with Gasteiger partial charge >= 0.3 is 0 Å². The van der Waals surface area contributed by atoms with Crippen LogP contribution in [0.2, 0.25) is 0 Å². The third kappa shape index (κ3) is 4.99. The first-order valence-electron chi connectivity index (χ1n) is 12.9. The Bertz CT molecular complexity index is 1510. The van der Waals surface area contributed by atoms with Gasteiger partial charge in [0.2, 0.25) is 0 Å². The van der Waals surface area contributed by atoms with Crippen LogP contribution < -0.4 is 14.8 Å². The van der Waals surface area contributed by atoms with E-state index in [0.717, 1.165) is 87.5 Å². The van der Waals surface area contributed by atoms with Crippen molar-refractivity contribution < 1.29 is 24.2 Å². The standard InChI is InChI=1S/C31H33NO5S/c1-17(28-29(34)32-30(35)38-28)6-7-21-8-9-23-15-24(11-10-22(23)14-21)36-16-31(5)13-12-25-20(4)26(33)18(2)19(3)27(25)37-31/h8-11,14-15,33H,6-7,12-13,16H2,1-5H3,(H,32,34,35)/b28-17-. The van der Waals surface area contributed by atoms with Gasteiger partial charge in [-0.1, -0.05) is 29.8 Å². The summed E-state index contributed by atoms with van der Waals surface area (Å²) >= 11 is 0.982. The minimum absolute atomic E-state index is 0.292. The molecule has 6 nitrogen and oxygen atoms in total. The highest BCUT2D eigenvalue weighted by atomic mass is 32.2. The Morgan fingerprint density at radius 1 is 1.08 bits per heavy atom. The smallest absolute Gasteiger partial charge is 0.290 e. The number of amides is 2. The summed E-state index contributed by atoms with van der Waals surface area (Å²) in [5.74, 6) is 1.75. The molecule has 1 atom stereocenters. The topological polar surface area (TPSA) is 84.9 Å². The largest absolute Gasteiger partial charge is 0.507 e. The Balaban J connectivity index is 1.25. The highest BCUT2D eigenvalue weighted by molar-refractivity contribution is 8.18. The maximum Gasteiger partial charge on any atom is 0.290 e. The zero-order valence-electron chi connectivity index (χ0n) is 22.5. The first-order chi connectivity index (χ1) is 18.0. The molecule has 0 saturated carbocycles. The number of allylic oxidation sites excluding steroid dienone is 1. The number of phenolic OH excluding ortho intramolecular Hbond substituents is 1. The van der Waals surface area contributed by atoms with E-state index in [2.05, 4.69) is 42.6 Å². The average molecular weight is 532 g/mol. The SMILES string of the molecule is C/C(CCc1ccc2cc(OCC3(C)CCc4c(C)c(O)c(C)c(C)c4O3)ccc2c1)=C1/SC(=O)NC1=O. The van der Waals surface area contributed by atoms with Crippen LogP contribution in [-0.4, -0.2) is 28.5 Å². The molecule has 5 rings (SSSR count). The summed E-state index contributed by atoms with van der Waals surface area (Å²) in [6.45, 7) is 10.3. The number of aryl methyl sites for hydroxylation is 1. The number of phenols is 1. The number of rotatable bonds is 6. The van der Waals surface area contributed by atoms with Crippen LogP contribution in [0.25, 0.3) is 10.8 Å². The van der Waals surface area contributed by atoms with Crippen molar-refractivity contribution in [3.63, 3.8) is 0 Å². The molecule has 1 fully saturated rings. The van der Waals surface area contributed by atoms with Gasteiger partial charge in [-0.2, -0.15) is 0 Å². The predicted octanol–water partition coefficient (Wildman–Crippen LogP) is 6.82. The van der Waals surface area contributed by atoms with Crippen LogP contribution in [0, 0.1) is 20.8 Å².